The summed E-state index contributed by atoms with van der Waals surface area (Å²) < 4.78 is 27.2. The Labute approximate surface area is 133 Å². The summed E-state index contributed by atoms with van der Waals surface area (Å²) in [7, 11) is 2.09. The van der Waals surface area contributed by atoms with Crippen LogP contribution in [0.2, 0.25) is 5.02 Å². The number of hydrogen-bond acceptors (Lipinski definition) is 2. The van der Waals surface area contributed by atoms with Gasteiger partial charge in [-0.3, -0.25) is 0 Å². The van der Waals surface area contributed by atoms with Gasteiger partial charge in [-0.2, -0.15) is 0 Å². The van der Waals surface area contributed by atoms with Gasteiger partial charge < -0.3 is 9.80 Å². The minimum atomic E-state index is -0.676. The molecule has 2 aromatic carbocycles. The second-order valence-electron chi connectivity index (χ2n) is 5.51. The second kappa shape index (κ2) is 6.23. The normalized spacial score (nSPS) is 16.1. The first-order valence-electron chi connectivity index (χ1n) is 7.14. The van der Waals surface area contributed by atoms with Crippen molar-refractivity contribution in [2.75, 3.05) is 38.1 Å². The van der Waals surface area contributed by atoms with E-state index in [9.17, 15) is 8.78 Å². The number of benzene rings is 2. The smallest absolute Gasteiger partial charge is 0.135 e. The van der Waals surface area contributed by atoms with Gasteiger partial charge in [-0.1, -0.05) is 11.6 Å². The van der Waals surface area contributed by atoms with Crippen molar-refractivity contribution in [1.82, 2.24) is 4.90 Å². The van der Waals surface area contributed by atoms with Crippen LogP contribution in [-0.4, -0.2) is 38.1 Å². The molecule has 1 aliphatic rings. The number of rotatable bonds is 2. The molecule has 2 nitrogen and oxygen atoms in total. The SMILES string of the molecule is CN1CCN(c2c[c]cc(-c3c(F)cc(F)cc3Cl)c2)CC1. The molecule has 115 valence electrons. The third-order valence-corrected chi connectivity index (χ3v) is 4.24. The second-order valence-corrected chi connectivity index (χ2v) is 5.92. The van der Waals surface area contributed by atoms with Gasteiger partial charge >= 0.3 is 0 Å². The molecule has 5 heteroatoms. The van der Waals surface area contributed by atoms with Crippen molar-refractivity contribution in [2.24, 2.45) is 0 Å². The number of hydrogen-bond donors (Lipinski definition) is 0. The predicted octanol–water partition coefficient (Wildman–Crippen LogP) is 3.84. The Morgan fingerprint density at radius 3 is 2.45 bits per heavy atom. The van der Waals surface area contributed by atoms with Gasteiger partial charge in [-0.25, -0.2) is 8.78 Å². The molecular weight excluding hydrogens is 306 g/mol. The zero-order chi connectivity index (χ0) is 15.7. The van der Waals surface area contributed by atoms with Gasteiger partial charge in [0.1, 0.15) is 11.6 Å². The van der Waals surface area contributed by atoms with Crippen molar-refractivity contribution in [3.05, 3.63) is 53.1 Å². The highest BCUT2D eigenvalue weighted by Crippen LogP contribution is 2.33. The van der Waals surface area contributed by atoms with Gasteiger partial charge in [0.05, 0.1) is 5.02 Å². The van der Waals surface area contributed by atoms with Crippen LogP contribution >= 0.6 is 11.6 Å². The lowest BCUT2D eigenvalue weighted by molar-refractivity contribution is 0.313. The predicted molar refractivity (Wildman–Crippen MR) is 85.4 cm³/mol. The van der Waals surface area contributed by atoms with E-state index in [1.807, 2.05) is 12.1 Å². The highest BCUT2D eigenvalue weighted by atomic mass is 35.5. The van der Waals surface area contributed by atoms with E-state index in [1.54, 1.807) is 6.07 Å². The molecule has 1 heterocycles. The van der Waals surface area contributed by atoms with E-state index in [0.29, 0.717) is 5.56 Å². The molecule has 0 N–H and O–H groups in total. The van der Waals surface area contributed by atoms with Gasteiger partial charge in [-0.15, -0.1) is 0 Å². The molecule has 0 aliphatic carbocycles. The molecule has 1 radical (unpaired) electrons. The van der Waals surface area contributed by atoms with Crippen LogP contribution in [0.1, 0.15) is 0 Å². The van der Waals surface area contributed by atoms with E-state index in [0.717, 1.165) is 44.0 Å². The Hall–Kier alpha value is -1.65. The topological polar surface area (TPSA) is 6.48 Å². The Bertz CT molecular complexity index is 659. The number of likely N-dealkylation sites (N-methyl/N-ethyl adjacent to an activating group) is 1. The van der Waals surface area contributed by atoms with Crippen molar-refractivity contribution in [1.29, 1.82) is 0 Å². The molecule has 0 aromatic heterocycles. The number of nitrogens with zero attached hydrogens (tertiary/aromatic N) is 2. The van der Waals surface area contributed by atoms with Gasteiger partial charge in [0.2, 0.25) is 0 Å². The number of piperazine rings is 1. The lowest BCUT2D eigenvalue weighted by atomic mass is 10.0. The molecular formula is C17H16ClF2N2. The Balaban J connectivity index is 1.95. The van der Waals surface area contributed by atoms with Gasteiger partial charge in [0.25, 0.3) is 0 Å². The maximum Gasteiger partial charge on any atom is 0.135 e. The highest BCUT2D eigenvalue weighted by Gasteiger charge is 2.17. The zero-order valence-electron chi connectivity index (χ0n) is 12.2. The van der Waals surface area contributed by atoms with Crippen LogP contribution in [0.3, 0.4) is 0 Å². The fraction of sp³-hybridized carbons (Fsp3) is 0.294. The summed E-state index contributed by atoms with van der Waals surface area (Å²) in [4.78, 5) is 4.50. The summed E-state index contributed by atoms with van der Waals surface area (Å²) >= 11 is 6.01. The first kappa shape index (κ1) is 15.3. The summed E-state index contributed by atoms with van der Waals surface area (Å²) in [5.74, 6) is -1.33. The maximum absolute atomic E-state index is 14.1. The largest absolute Gasteiger partial charge is 0.369 e. The first-order valence-corrected chi connectivity index (χ1v) is 7.52. The van der Waals surface area contributed by atoms with E-state index < -0.39 is 11.6 Å². The van der Waals surface area contributed by atoms with Crippen LogP contribution in [0.5, 0.6) is 0 Å². The Morgan fingerprint density at radius 1 is 1.05 bits per heavy atom. The van der Waals surface area contributed by atoms with Gasteiger partial charge in [0, 0.05) is 43.5 Å². The molecule has 0 spiro atoms. The Kier molecular flexibility index (Phi) is 4.32. The molecule has 2 aromatic rings. The summed E-state index contributed by atoms with van der Waals surface area (Å²) in [5, 5.41) is 0.0708. The molecule has 0 unspecified atom stereocenters. The minimum absolute atomic E-state index is 0.0708. The summed E-state index contributed by atoms with van der Waals surface area (Å²) in [6.45, 7) is 3.78. The lowest BCUT2D eigenvalue weighted by Gasteiger charge is -2.34. The molecule has 3 rings (SSSR count). The van der Waals surface area contributed by atoms with E-state index >= 15 is 0 Å². The molecule has 0 bridgehead atoms. The van der Waals surface area contributed by atoms with Gasteiger partial charge in [0.15, 0.2) is 0 Å². The summed E-state index contributed by atoms with van der Waals surface area (Å²) in [5.41, 5.74) is 1.81. The minimum Gasteiger partial charge on any atom is -0.369 e. The third kappa shape index (κ3) is 3.08. The third-order valence-electron chi connectivity index (χ3n) is 3.94. The van der Waals surface area contributed by atoms with E-state index in [2.05, 4.69) is 22.9 Å². The van der Waals surface area contributed by atoms with Crippen molar-refractivity contribution in [2.45, 2.75) is 0 Å². The standard InChI is InChI=1S/C17H16ClF2N2/c1-21-5-7-22(8-6-21)14-4-2-3-12(9-14)17-15(18)10-13(19)11-16(17)20/h3-4,9-11H,5-8H2,1H3. The van der Waals surface area contributed by atoms with E-state index in [1.165, 1.54) is 0 Å². The number of anilines is 1. The quantitative estimate of drug-likeness (QED) is 0.829. The van der Waals surface area contributed by atoms with Crippen LogP contribution in [0.4, 0.5) is 14.5 Å². The van der Waals surface area contributed by atoms with Crippen LogP contribution in [0.15, 0.2) is 30.3 Å². The average molecular weight is 322 g/mol. The van der Waals surface area contributed by atoms with E-state index in [4.69, 9.17) is 11.6 Å². The monoisotopic (exact) mass is 321 g/mol. The van der Waals surface area contributed by atoms with Crippen LogP contribution in [0.25, 0.3) is 11.1 Å². The van der Waals surface area contributed by atoms with E-state index in [-0.39, 0.29) is 10.6 Å². The Morgan fingerprint density at radius 2 is 1.77 bits per heavy atom. The average Bonchev–Trinajstić information content (AvgIpc) is 2.47. The molecule has 0 amide bonds. The van der Waals surface area contributed by atoms with Crippen molar-refractivity contribution >= 4 is 17.3 Å². The number of halogens is 3. The first-order chi connectivity index (χ1) is 10.5. The zero-order valence-corrected chi connectivity index (χ0v) is 13.0. The van der Waals surface area contributed by atoms with Crippen LogP contribution in [-0.2, 0) is 0 Å². The van der Waals surface area contributed by atoms with Crippen LogP contribution < -0.4 is 4.90 Å². The van der Waals surface area contributed by atoms with Crippen molar-refractivity contribution < 1.29 is 8.78 Å². The summed E-state index contributed by atoms with van der Waals surface area (Å²) in [6, 6.07) is 10.4. The maximum atomic E-state index is 14.1. The summed E-state index contributed by atoms with van der Waals surface area (Å²) in [6.07, 6.45) is 0. The van der Waals surface area contributed by atoms with Crippen LogP contribution in [0, 0.1) is 17.7 Å². The molecule has 0 saturated carbocycles. The lowest BCUT2D eigenvalue weighted by Crippen LogP contribution is -2.44. The van der Waals surface area contributed by atoms with Crippen molar-refractivity contribution in [3.63, 3.8) is 0 Å². The van der Waals surface area contributed by atoms with Gasteiger partial charge in [-0.05, 0) is 42.9 Å². The highest BCUT2D eigenvalue weighted by molar-refractivity contribution is 6.33. The molecule has 0 atom stereocenters. The molecule has 1 saturated heterocycles. The molecule has 1 fully saturated rings. The fourth-order valence-corrected chi connectivity index (χ4v) is 2.97. The molecule has 1 aliphatic heterocycles. The van der Waals surface area contributed by atoms with Crippen molar-refractivity contribution in [3.8, 4) is 11.1 Å². The fourth-order valence-electron chi connectivity index (χ4n) is 2.67. The molecule has 22 heavy (non-hydrogen) atoms.